The quantitative estimate of drug-likeness (QED) is 0.543. The second-order valence-corrected chi connectivity index (χ2v) is 9.82. The monoisotopic (exact) mass is 482 g/mol. The molecule has 0 bridgehead atoms. The van der Waals surface area contributed by atoms with Gasteiger partial charge in [0, 0.05) is 17.7 Å². The van der Waals surface area contributed by atoms with Crippen molar-refractivity contribution in [3.05, 3.63) is 63.2 Å². The van der Waals surface area contributed by atoms with Crippen molar-refractivity contribution >= 4 is 23.7 Å². The summed E-state index contributed by atoms with van der Waals surface area (Å²) >= 11 is 0. The minimum atomic E-state index is -1.11. The number of fused-ring (bicyclic) bond motifs is 1. The van der Waals surface area contributed by atoms with Gasteiger partial charge in [0.05, 0.1) is 24.4 Å². The van der Waals surface area contributed by atoms with Crippen LogP contribution in [-0.4, -0.2) is 40.2 Å². The summed E-state index contributed by atoms with van der Waals surface area (Å²) in [6, 6.07) is 7.18. The summed E-state index contributed by atoms with van der Waals surface area (Å²) in [5.41, 5.74) is 4.79. The second-order valence-electron chi connectivity index (χ2n) is 9.82. The molecule has 2 aromatic carbocycles. The largest absolute Gasteiger partial charge is 0.465 e. The van der Waals surface area contributed by atoms with E-state index in [0.717, 1.165) is 16.7 Å². The first-order valence-corrected chi connectivity index (χ1v) is 11.7. The van der Waals surface area contributed by atoms with Crippen LogP contribution in [0, 0.1) is 20.8 Å². The maximum Gasteiger partial charge on any atom is 0.407 e. The van der Waals surface area contributed by atoms with Gasteiger partial charge in [0.1, 0.15) is 0 Å². The Morgan fingerprint density at radius 2 is 1.60 bits per heavy atom. The Morgan fingerprint density at radius 3 is 2.11 bits per heavy atom. The number of esters is 1. The summed E-state index contributed by atoms with van der Waals surface area (Å²) in [5, 5.41) is 12.6. The summed E-state index contributed by atoms with van der Waals surface area (Å²) < 4.78 is 11.6. The highest BCUT2D eigenvalue weighted by atomic mass is 16.6. The van der Waals surface area contributed by atoms with Gasteiger partial charge in [-0.25, -0.2) is 9.59 Å². The molecule has 0 unspecified atom stereocenters. The molecule has 1 aliphatic rings. The van der Waals surface area contributed by atoms with Crippen molar-refractivity contribution in [2.75, 3.05) is 11.9 Å². The highest BCUT2D eigenvalue weighted by Crippen LogP contribution is 2.42. The van der Waals surface area contributed by atoms with E-state index in [-0.39, 0.29) is 25.6 Å². The predicted octanol–water partition coefficient (Wildman–Crippen LogP) is 5.28. The van der Waals surface area contributed by atoms with Crippen LogP contribution in [0.5, 0.6) is 0 Å². The average Bonchev–Trinajstić information content (AvgIpc) is 3.23. The molecule has 0 fully saturated rings. The van der Waals surface area contributed by atoms with E-state index < -0.39 is 23.8 Å². The first kappa shape index (κ1) is 26.2. The summed E-state index contributed by atoms with van der Waals surface area (Å²) in [7, 11) is 0. The Hall–Kier alpha value is -3.39. The zero-order chi connectivity index (χ0) is 26.1. The topological polar surface area (TPSA) is 105 Å². The van der Waals surface area contributed by atoms with Crippen LogP contribution in [0.3, 0.4) is 0 Å². The molecule has 0 aliphatic carbocycles. The normalized spacial score (nSPS) is 13.9. The lowest BCUT2D eigenvalue weighted by molar-refractivity contribution is -0.166. The van der Waals surface area contributed by atoms with Gasteiger partial charge in [-0.3, -0.25) is 9.69 Å². The van der Waals surface area contributed by atoms with E-state index in [1.807, 2.05) is 53.7 Å². The molecule has 2 aromatic rings. The van der Waals surface area contributed by atoms with Crippen LogP contribution in [0.15, 0.2) is 24.3 Å². The maximum absolute atomic E-state index is 13.2. The van der Waals surface area contributed by atoms with Gasteiger partial charge in [-0.05, 0) is 82.9 Å². The Labute approximate surface area is 206 Å². The van der Waals surface area contributed by atoms with E-state index in [2.05, 4.69) is 5.32 Å². The summed E-state index contributed by atoms with van der Waals surface area (Å²) in [6.45, 7) is 13.4. The third-order valence-electron chi connectivity index (χ3n) is 6.07. The van der Waals surface area contributed by atoms with Crippen LogP contribution in [-0.2, 0) is 27.4 Å². The van der Waals surface area contributed by atoms with Gasteiger partial charge in [-0.1, -0.05) is 17.7 Å². The Balaban J connectivity index is 2.21. The van der Waals surface area contributed by atoms with Crippen molar-refractivity contribution in [3.8, 4) is 0 Å². The van der Waals surface area contributed by atoms with Crippen molar-refractivity contribution in [3.63, 3.8) is 0 Å². The molecule has 0 aromatic heterocycles. The van der Waals surface area contributed by atoms with Gasteiger partial charge in [0.15, 0.2) is 6.10 Å². The third kappa shape index (κ3) is 5.65. The lowest BCUT2D eigenvalue weighted by atomic mass is 9.89. The number of nitrogens with zero attached hydrogens (tertiary/aromatic N) is 1. The van der Waals surface area contributed by atoms with E-state index in [4.69, 9.17) is 9.47 Å². The minimum absolute atomic E-state index is 0.170. The maximum atomic E-state index is 13.2. The molecular weight excluding hydrogens is 448 g/mol. The number of rotatable bonds is 6. The SMILES string of the molecule is CCOC(=O)[C@@H](OC(C)(C)C)c1c(C)c2c(c(C)c1NC(=O)c1ccc(C)cc1)CN(C(=O)O)C2. The standard InChI is InChI=1S/C27H34N2O6/c1-8-34-25(31)23(35-27(5,6)7)21-16(3)19-13-29(26(32)33)14-20(19)17(4)22(21)28-24(30)18-11-9-15(2)10-12-18/h9-12,23H,8,13-14H2,1-7H3,(H,28,30)(H,32,33)/t23-/m0/s1. The number of ether oxygens (including phenoxy) is 2. The van der Waals surface area contributed by atoms with Gasteiger partial charge in [-0.15, -0.1) is 0 Å². The van der Waals surface area contributed by atoms with E-state index >= 15 is 0 Å². The Morgan fingerprint density at radius 1 is 1.03 bits per heavy atom. The number of amides is 2. The lowest BCUT2D eigenvalue weighted by Crippen LogP contribution is -2.31. The van der Waals surface area contributed by atoms with Crippen molar-refractivity contribution in [1.82, 2.24) is 4.90 Å². The molecule has 1 atom stereocenters. The third-order valence-corrected chi connectivity index (χ3v) is 6.07. The Bertz CT molecular complexity index is 1150. The first-order chi connectivity index (χ1) is 16.3. The molecule has 1 heterocycles. The van der Waals surface area contributed by atoms with E-state index in [1.165, 1.54) is 4.90 Å². The van der Waals surface area contributed by atoms with Gasteiger partial charge in [0.25, 0.3) is 5.91 Å². The number of hydrogen-bond acceptors (Lipinski definition) is 5. The number of anilines is 1. The zero-order valence-corrected chi connectivity index (χ0v) is 21.4. The van der Waals surface area contributed by atoms with Crippen molar-refractivity contribution in [2.24, 2.45) is 0 Å². The van der Waals surface area contributed by atoms with Crippen LogP contribution >= 0.6 is 0 Å². The molecule has 8 nitrogen and oxygen atoms in total. The number of hydrogen-bond donors (Lipinski definition) is 2. The fourth-order valence-electron chi connectivity index (χ4n) is 4.33. The van der Waals surface area contributed by atoms with Gasteiger partial charge in [-0.2, -0.15) is 0 Å². The fraction of sp³-hybridized carbons (Fsp3) is 0.444. The van der Waals surface area contributed by atoms with E-state index in [0.29, 0.717) is 27.9 Å². The van der Waals surface area contributed by atoms with Crippen LogP contribution in [0.4, 0.5) is 10.5 Å². The molecule has 0 saturated heterocycles. The fourth-order valence-corrected chi connectivity index (χ4v) is 4.33. The van der Waals surface area contributed by atoms with E-state index in [9.17, 15) is 19.5 Å². The molecule has 0 saturated carbocycles. The molecule has 2 N–H and O–H groups in total. The summed E-state index contributed by atoms with van der Waals surface area (Å²) in [5.74, 6) is -0.899. The smallest absolute Gasteiger partial charge is 0.407 e. The number of aryl methyl sites for hydroxylation is 1. The first-order valence-electron chi connectivity index (χ1n) is 11.7. The number of carbonyl (C=O) groups is 3. The molecule has 8 heteroatoms. The van der Waals surface area contributed by atoms with Gasteiger partial charge < -0.3 is 19.9 Å². The molecule has 3 rings (SSSR count). The number of benzene rings is 2. The zero-order valence-electron chi connectivity index (χ0n) is 21.4. The number of carboxylic acid groups (broad SMARTS) is 1. The molecular formula is C27H34N2O6. The Kier molecular flexibility index (Phi) is 7.55. The average molecular weight is 483 g/mol. The van der Waals surface area contributed by atoms with Crippen molar-refractivity contribution in [1.29, 1.82) is 0 Å². The molecule has 35 heavy (non-hydrogen) atoms. The molecule has 188 valence electrons. The number of nitrogens with one attached hydrogen (secondary N) is 1. The van der Waals surface area contributed by atoms with Crippen LogP contribution in [0.25, 0.3) is 0 Å². The minimum Gasteiger partial charge on any atom is -0.465 e. The molecule has 1 aliphatic heterocycles. The van der Waals surface area contributed by atoms with Crippen molar-refractivity contribution in [2.45, 2.75) is 73.3 Å². The van der Waals surface area contributed by atoms with Gasteiger partial charge >= 0.3 is 12.1 Å². The number of carbonyl (C=O) groups excluding carboxylic acids is 2. The van der Waals surface area contributed by atoms with Crippen molar-refractivity contribution < 1.29 is 29.0 Å². The summed E-state index contributed by atoms with van der Waals surface area (Å²) in [6.07, 6.45) is -2.13. The highest BCUT2D eigenvalue weighted by Gasteiger charge is 2.37. The van der Waals surface area contributed by atoms with Crippen LogP contribution in [0.1, 0.15) is 77.5 Å². The van der Waals surface area contributed by atoms with E-state index in [1.54, 1.807) is 19.1 Å². The van der Waals surface area contributed by atoms with Gasteiger partial charge in [0.2, 0.25) is 0 Å². The second kappa shape index (κ2) is 10.1. The molecule has 0 radical (unpaired) electrons. The van der Waals surface area contributed by atoms with Crippen LogP contribution < -0.4 is 5.32 Å². The molecule has 2 amide bonds. The lowest BCUT2D eigenvalue weighted by Gasteiger charge is -2.30. The molecule has 0 spiro atoms. The highest BCUT2D eigenvalue weighted by molar-refractivity contribution is 6.06. The summed E-state index contributed by atoms with van der Waals surface area (Å²) in [4.78, 5) is 39.4. The van der Waals surface area contributed by atoms with Crippen LogP contribution in [0.2, 0.25) is 0 Å². The predicted molar refractivity (Wildman–Crippen MR) is 133 cm³/mol.